The fourth-order valence-corrected chi connectivity index (χ4v) is 4.14. The zero-order valence-electron chi connectivity index (χ0n) is 19.1. The van der Waals surface area contributed by atoms with Crippen molar-refractivity contribution in [3.05, 3.63) is 64.5 Å². The Morgan fingerprint density at radius 2 is 2.03 bits per heavy atom. The molecule has 1 amide bonds. The molecule has 1 aliphatic rings. The molecule has 3 aromatic rings. The number of alkyl halides is 3. The van der Waals surface area contributed by atoms with E-state index in [1.165, 1.54) is 28.9 Å². The van der Waals surface area contributed by atoms with Gasteiger partial charge in [0.15, 0.2) is 0 Å². The number of piperidine rings is 1. The quantitative estimate of drug-likeness (QED) is 0.407. The average Bonchev–Trinajstić information content (AvgIpc) is 2.81. The number of nitrogens with one attached hydrogen (secondary N) is 2. The maximum absolute atomic E-state index is 13.7. The van der Waals surface area contributed by atoms with E-state index in [1.54, 1.807) is 25.1 Å². The van der Waals surface area contributed by atoms with Gasteiger partial charge in [-0.05, 0) is 61.2 Å². The highest BCUT2D eigenvalue weighted by Crippen LogP contribution is 2.24. The number of halogens is 4. The number of carbonyl (C=O) groups is 2. The summed E-state index contributed by atoms with van der Waals surface area (Å²) in [5.41, 5.74) is 1.36. The van der Waals surface area contributed by atoms with Crippen LogP contribution in [0.5, 0.6) is 0 Å². The number of esters is 1. The van der Waals surface area contributed by atoms with Gasteiger partial charge in [-0.25, -0.2) is 14.2 Å². The van der Waals surface area contributed by atoms with Crippen molar-refractivity contribution in [3.63, 3.8) is 0 Å². The first-order chi connectivity index (χ1) is 17.0. The molecular formula is C24H22F4N4O4. The Morgan fingerprint density at radius 1 is 1.25 bits per heavy atom. The van der Waals surface area contributed by atoms with Gasteiger partial charge in [-0.15, -0.1) is 0 Å². The van der Waals surface area contributed by atoms with E-state index < -0.39 is 41.6 Å². The first kappa shape index (κ1) is 25.3. The van der Waals surface area contributed by atoms with Gasteiger partial charge in [0.25, 0.3) is 5.56 Å². The number of carbonyl (C=O) groups excluding carboxylic acids is 2. The van der Waals surface area contributed by atoms with Crippen LogP contribution in [0.1, 0.15) is 24.8 Å². The maximum atomic E-state index is 13.7. The van der Waals surface area contributed by atoms with Crippen LogP contribution >= 0.6 is 0 Å². The van der Waals surface area contributed by atoms with Crippen LogP contribution in [0.15, 0.2) is 47.5 Å². The number of aromatic nitrogens is 2. The Kier molecular flexibility index (Phi) is 7.07. The molecule has 2 aromatic heterocycles. The number of aryl methyl sites for hydroxylation is 1. The topological polar surface area (TPSA) is 102 Å². The van der Waals surface area contributed by atoms with Gasteiger partial charge in [0.1, 0.15) is 23.3 Å². The lowest BCUT2D eigenvalue weighted by Gasteiger charge is -2.32. The van der Waals surface area contributed by atoms with Gasteiger partial charge in [0.2, 0.25) is 5.91 Å². The summed E-state index contributed by atoms with van der Waals surface area (Å²) in [5.74, 6) is -3.42. The molecule has 0 radical (unpaired) electrons. The minimum absolute atomic E-state index is 0.145. The number of nitrogens with zero attached hydrogens (tertiary/aromatic N) is 2. The molecule has 36 heavy (non-hydrogen) atoms. The van der Waals surface area contributed by atoms with Gasteiger partial charge >= 0.3 is 12.1 Å². The van der Waals surface area contributed by atoms with Crippen molar-refractivity contribution in [3.8, 4) is 11.1 Å². The highest BCUT2D eigenvalue weighted by molar-refractivity contribution is 5.91. The first-order valence-corrected chi connectivity index (χ1v) is 11.1. The summed E-state index contributed by atoms with van der Waals surface area (Å²) >= 11 is 0. The molecule has 190 valence electrons. The Balaban J connectivity index is 1.55. The second-order valence-electron chi connectivity index (χ2n) is 8.49. The number of amides is 1. The lowest BCUT2D eigenvalue weighted by atomic mass is 9.98. The number of anilines is 1. The molecule has 4 rings (SSSR count). The molecule has 0 unspecified atom stereocenters. The molecule has 1 aliphatic heterocycles. The molecule has 8 nitrogen and oxygen atoms in total. The van der Waals surface area contributed by atoms with Crippen molar-refractivity contribution >= 4 is 23.2 Å². The number of benzene rings is 1. The smallest absolute Gasteiger partial charge is 0.454 e. The average molecular weight is 506 g/mol. The van der Waals surface area contributed by atoms with Crippen LogP contribution in [-0.2, 0) is 14.3 Å². The zero-order chi connectivity index (χ0) is 26.0. The van der Waals surface area contributed by atoms with Crippen LogP contribution in [0.25, 0.3) is 16.8 Å². The number of hydrogen-bond acceptors (Lipinski definition) is 6. The molecule has 12 heteroatoms. The molecule has 0 spiro atoms. The van der Waals surface area contributed by atoms with Crippen LogP contribution in [0.4, 0.5) is 23.2 Å². The summed E-state index contributed by atoms with van der Waals surface area (Å²) in [6.07, 6.45) is -3.31. The third-order valence-electron chi connectivity index (χ3n) is 5.83. The first-order valence-electron chi connectivity index (χ1n) is 11.1. The van der Waals surface area contributed by atoms with Crippen LogP contribution in [-0.4, -0.2) is 46.1 Å². The van der Waals surface area contributed by atoms with E-state index in [0.29, 0.717) is 35.3 Å². The Labute approximate surface area is 202 Å². The minimum Gasteiger partial charge on any atom is -0.454 e. The summed E-state index contributed by atoms with van der Waals surface area (Å²) in [4.78, 5) is 41.3. The van der Waals surface area contributed by atoms with E-state index >= 15 is 0 Å². The maximum Gasteiger partial charge on any atom is 0.490 e. The van der Waals surface area contributed by atoms with Gasteiger partial charge in [-0.3, -0.25) is 14.0 Å². The van der Waals surface area contributed by atoms with Crippen LogP contribution in [0.3, 0.4) is 0 Å². The van der Waals surface area contributed by atoms with Gasteiger partial charge in [-0.2, -0.15) is 13.2 Å². The van der Waals surface area contributed by atoms with Crippen molar-refractivity contribution in [2.45, 2.75) is 44.5 Å². The summed E-state index contributed by atoms with van der Waals surface area (Å²) in [6, 6.07) is 6.75. The number of hydrogen-bond donors (Lipinski definition) is 2. The second kappa shape index (κ2) is 10.1. The highest BCUT2D eigenvalue weighted by atomic mass is 19.4. The predicted octanol–water partition coefficient (Wildman–Crippen LogP) is 3.36. The number of ether oxygens (including phenoxy) is 1. The Bertz CT molecular complexity index is 1370. The molecule has 2 atom stereocenters. The number of rotatable bonds is 5. The molecule has 1 fully saturated rings. The fourth-order valence-electron chi connectivity index (χ4n) is 4.14. The van der Waals surface area contributed by atoms with Gasteiger partial charge < -0.3 is 15.4 Å². The summed E-state index contributed by atoms with van der Waals surface area (Å²) < 4.78 is 57.3. The summed E-state index contributed by atoms with van der Waals surface area (Å²) in [7, 11) is 0. The normalized spacial score (nSPS) is 18.1. The van der Waals surface area contributed by atoms with Crippen molar-refractivity contribution in [2.75, 3.05) is 11.9 Å². The largest absolute Gasteiger partial charge is 0.490 e. The Morgan fingerprint density at radius 3 is 2.75 bits per heavy atom. The Hall–Kier alpha value is -3.80. The molecule has 3 heterocycles. The summed E-state index contributed by atoms with van der Waals surface area (Å²) in [5, 5.41) is 5.33. The molecule has 1 aromatic carbocycles. The monoisotopic (exact) mass is 506 g/mol. The SMILES string of the molecule is Cc1cc(-c2cccc(F)c2)cn2c(=O)c(NC(=O)C[C@H]3NCCC[C@@H]3OC(=O)C(F)(F)F)cnc12. The molecule has 0 saturated carbocycles. The highest BCUT2D eigenvalue weighted by Gasteiger charge is 2.44. The van der Waals surface area contributed by atoms with E-state index in [2.05, 4.69) is 20.4 Å². The van der Waals surface area contributed by atoms with Crippen molar-refractivity contribution in [1.29, 1.82) is 0 Å². The number of fused-ring (bicyclic) bond motifs is 1. The van der Waals surface area contributed by atoms with Crippen LogP contribution in [0.2, 0.25) is 0 Å². The second-order valence-corrected chi connectivity index (χ2v) is 8.49. The van der Waals surface area contributed by atoms with Gasteiger partial charge in [-0.1, -0.05) is 12.1 Å². The van der Waals surface area contributed by atoms with Crippen molar-refractivity contribution < 1.29 is 31.9 Å². The molecule has 1 saturated heterocycles. The fraction of sp³-hybridized carbons (Fsp3) is 0.333. The van der Waals surface area contributed by atoms with Crippen LogP contribution < -0.4 is 16.2 Å². The van der Waals surface area contributed by atoms with Gasteiger partial charge in [0.05, 0.1) is 12.2 Å². The zero-order valence-corrected chi connectivity index (χ0v) is 19.1. The van der Waals surface area contributed by atoms with E-state index in [1.807, 2.05) is 0 Å². The molecule has 2 N–H and O–H groups in total. The lowest BCUT2D eigenvalue weighted by Crippen LogP contribution is -2.49. The lowest BCUT2D eigenvalue weighted by molar-refractivity contribution is -0.207. The number of pyridine rings is 1. The standard InChI is InChI=1S/C24H22F4N4O4/c1-13-8-15(14-4-2-5-16(25)9-14)12-32-21(13)30-11-18(22(32)34)31-20(33)10-17-19(6-3-7-29-17)36-23(35)24(26,27)28/h2,4-5,8-9,11-12,17,19,29H,3,6-7,10H2,1H3,(H,31,33)/t17-,19+/m1/s1. The van der Waals surface area contributed by atoms with E-state index in [9.17, 15) is 31.9 Å². The minimum atomic E-state index is -5.14. The van der Waals surface area contributed by atoms with Gasteiger partial charge in [0, 0.05) is 12.6 Å². The van der Waals surface area contributed by atoms with E-state index in [0.717, 1.165) is 0 Å². The van der Waals surface area contributed by atoms with Crippen molar-refractivity contribution in [2.24, 2.45) is 0 Å². The molecule has 0 bridgehead atoms. The van der Waals surface area contributed by atoms with Crippen LogP contribution in [0, 0.1) is 12.7 Å². The van der Waals surface area contributed by atoms with E-state index in [4.69, 9.17) is 0 Å². The molecular weight excluding hydrogens is 484 g/mol. The third kappa shape index (κ3) is 5.54. The predicted molar refractivity (Wildman–Crippen MR) is 122 cm³/mol. The molecule has 0 aliphatic carbocycles. The van der Waals surface area contributed by atoms with E-state index in [-0.39, 0.29) is 18.5 Å². The summed E-state index contributed by atoms with van der Waals surface area (Å²) in [6.45, 7) is 2.17. The van der Waals surface area contributed by atoms with Crippen molar-refractivity contribution in [1.82, 2.24) is 14.7 Å². The third-order valence-corrected chi connectivity index (χ3v) is 5.83.